The van der Waals surface area contributed by atoms with E-state index in [-0.39, 0.29) is 12.3 Å². The van der Waals surface area contributed by atoms with Gasteiger partial charge in [-0.05, 0) is 6.42 Å². The molecule has 0 aromatic heterocycles. The van der Waals surface area contributed by atoms with E-state index in [1.165, 1.54) is 0 Å². The van der Waals surface area contributed by atoms with E-state index in [0.717, 1.165) is 13.3 Å². The smallest absolute Gasteiger partial charge is 0.170 e. The van der Waals surface area contributed by atoms with Crippen molar-refractivity contribution in [2.75, 3.05) is 0 Å². The second-order valence-electron chi connectivity index (χ2n) is 2.38. The molecule has 0 amide bonds. The van der Waals surface area contributed by atoms with E-state index in [2.05, 4.69) is 0 Å². The molecule has 0 nitrogen and oxygen atoms in total. The average molecular weight is 153 g/mol. The van der Waals surface area contributed by atoms with Crippen LogP contribution in [0.5, 0.6) is 0 Å². The standard InChI is InChI=1S/C7H12F3/c1-3-4-5-6(2)7(8,9)10/h3-5H2,1-2H3. The molecule has 0 rings (SSSR count). The number of alkyl halides is 3. The minimum Gasteiger partial charge on any atom is -0.170 e. The molecule has 0 atom stereocenters. The third kappa shape index (κ3) is 3.75. The molecule has 0 spiro atoms. The Hall–Kier alpha value is -0.210. The summed E-state index contributed by atoms with van der Waals surface area (Å²) < 4.78 is 35.2. The predicted octanol–water partition coefficient (Wildman–Crippen LogP) is 3.33. The van der Waals surface area contributed by atoms with Crippen LogP contribution in [0.25, 0.3) is 0 Å². The molecule has 3 heteroatoms. The highest BCUT2D eigenvalue weighted by Gasteiger charge is 2.35. The second-order valence-corrected chi connectivity index (χ2v) is 2.38. The van der Waals surface area contributed by atoms with E-state index in [0.29, 0.717) is 6.42 Å². The van der Waals surface area contributed by atoms with Crippen molar-refractivity contribution in [3.63, 3.8) is 0 Å². The van der Waals surface area contributed by atoms with Gasteiger partial charge in [0.2, 0.25) is 0 Å². The summed E-state index contributed by atoms with van der Waals surface area (Å²) in [7, 11) is 0. The molecule has 1 radical (unpaired) electrons. The summed E-state index contributed by atoms with van der Waals surface area (Å²) in [5.74, 6) is -0.366. The summed E-state index contributed by atoms with van der Waals surface area (Å²) in [6.45, 7) is 3.03. The van der Waals surface area contributed by atoms with Gasteiger partial charge < -0.3 is 0 Å². The molecule has 0 unspecified atom stereocenters. The third-order valence-electron chi connectivity index (χ3n) is 1.39. The minimum atomic E-state index is -4.07. The number of hydrogen-bond acceptors (Lipinski definition) is 0. The molecule has 61 valence electrons. The first-order chi connectivity index (χ1) is 4.48. The summed E-state index contributed by atoms with van der Waals surface area (Å²) in [5, 5.41) is 0. The quantitative estimate of drug-likeness (QED) is 0.583. The van der Waals surface area contributed by atoms with E-state index in [4.69, 9.17) is 0 Å². The second kappa shape index (κ2) is 3.84. The summed E-state index contributed by atoms with van der Waals surface area (Å²) in [4.78, 5) is 0. The lowest BCUT2D eigenvalue weighted by atomic mass is 10.0. The molecule has 0 aromatic rings. The molecule has 0 N–H and O–H groups in total. The molecule has 0 aliphatic rings. The van der Waals surface area contributed by atoms with Crippen molar-refractivity contribution in [2.24, 2.45) is 0 Å². The van der Waals surface area contributed by atoms with Gasteiger partial charge in [0.25, 0.3) is 0 Å². The largest absolute Gasteiger partial charge is 0.395 e. The van der Waals surface area contributed by atoms with Crippen molar-refractivity contribution in [1.29, 1.82) is 0 Å². The van der Waals surface area contributed by atoms with Crippen LogP contribution in [-0.2, 0) is 0 Å². The molecule has 10 heavy (non-hydrogen) atoms. The van der Waals surface area contributed by atoms with Crippen LogP contribution in [0.2, 0.25) is 0 Å². The first kappa shape index (κ1) is 9.79. The van der Waals surface area contributed by atoms with E-state index in [1.54, 1.807) is 0 Å². The number of rotatable bonds is 3. The lowest BCUT2D eigenvalue weighted by Gasteiger charge is -2.13. The van der Waals surface area contributed by atoms with E-state index in [9.17, 15) is 13.2 Å². The molecule has 0 bridgehead atoms. The summed E-state index contributed by atoms with van der Waals surface area (Å²) in [5.41, 5.74) is 0. The summed E-state index contributed by atoms with van der Waals surface area (Å²) in [6.07, 6.45) is -2.45. The van der Waals surface area contributed by atoms with Crippen LogP contribution in [0.15, 0.2) is 0 Å². The fourth-order valence-electron chi connectivity index (χ4n) is 0.584. The van der Waals surface area contributed by atoms with Crippen LogP contribution < -0.4 is 0 Å². The van der Waals surface area contributed by atoms with Crippen LogP contribution in [-0.4, -0.2) is 6.18 Å². The van der Waals surface area contributed by atoms with E-state index in [1.807, 2.05) is 6.92 Å². The third-order valence-corrected chi connectivity index (χ3v) is 1.39. The average Bonchev–Trinajstić information content (AvgIpc) is 1.80. The Morgan fingerprint density at radius 2 is 1.80 bits per heavy atom. The van der Waals surface area contributed by atoms with Crippen LogP contribution in [0.1, 0.15) is 33.1 Å². The molecular formula is C7H12F3. The summed E-state index contributed by atoms with van der Waals surface area (Å²) in [6, 6.07) is 0. The van der Waals surface area contributed by atoms with Crippen molar-refractivity contribution in [1.82, 2.24) is 0 Å². The van der Waals surface area contributed by atoms with Gasteiger partial charge in [0.1, 0.15) is 0 Å². The highest BCUT2D eigenvalue weighted by Crippen LogP contribution is 2.31. The van der Waals surface area contributed by atoms with Gasteiger partial charge in [0.15, 0.2) is 0 Å². The maximum atomic E-state index is 11.7. The van der Waals surface area contributed by atoms with Crippen LogP contribution in [0.3, 0.4) is 0 Å². The van der Waals surface area contributed by atoms with Crippen LogP contribution in [0.4, 0.5) is 13.2 Å². The lowest BCUT2D eigenvalue weighted by Crippen LogP contribution is -2.17. The zero-order valence-electron chi connectivity index (χ0n) is 6.26. The van der Waals surface area contributed by atoms with Gasteiger partial charge in [-0.15, -0.1) is 0 Å². The maximum absolute atomic E-state index is 11.7. The van der Waals surface area contributed by atoms with E-state index >= 15 is 0 Å². The zero-order valence-corrected chi connectivity index (χ0v) is 6.26. The fourth-order valence-corrected chi connectivity index (χ4v) is 0.584. The van der Waals surface area contributed by atoms with Gasteiger partial charge in [0, 0.05) is 0 Å². The Balaban J connectivity index is 3.52. The van der Waals surface area contributed by atoms with Gasteiger partial charge in [0.05, 0.1) is 5.92 Å². The van der Waals surface area contributed by atoms with Crippen molar-refractivity contribution in [3.8, 4) is 0 Å². The Bertz CT molecular complexity index is 85.3. The number of unbranched alkanes of at least 4 members (excludes halogenated alkanes) is 1. The minimum absolute atomic E-state index is 0.181. The van der Waals surface area contributed by atoms with Crippen LogP contribution >= 0.6 is 0 Å². The topological polar surface area (TPSA) is 0 Å². The Kier molecular flexibility index (Phi) is 3.76. The lowest BCUT2D eigenvalue weighted by molar-refractivity contribution is -0.115. The molecule has 0 heterocycles. The maximum Gasteiger partial charge on any atom is 0.395 e. The number of hydrogen-bond donors (Lipinski definition) is 0. The first-order valence-electron chi connectivity index (χ1n) is 3.38. The van der Waals surface area contributed by atoms with Gasteiger partial charge in [-0.2, -0.15) is 13.2 Å². The predicted molar refractivity (Wildman–Crippen MR) is 34.5 cm³/mol. The Labute approximate surface area is 59.4 Å². The Morgan fingerprint density at radius 1 is 1.30 bits per heavy atom. The normalized spacial score (nSPS) is 12.6. The molecule has 0 aliphatic carbocycles. The van der Waals surface area contributed by atoms with E-state index < -0.39 is 6.18 Å². The van der Waals surface area contributed by atoms with Gasteiger partial charge in [-0.25, -0.2) is 0 Å². The monoisotopic (exact) mass is 153 g/mol. The highest BCUT2D eigenvalue weighted by atomic mass is 19.4. The molecule has 0 aliphatic heterocycles. The number of halogens is 3. The zero-order chi connectivity index (χ0) is 8.20. The molecular weight excluding hydrogens is 141 g/mol. The highest BCUT2D eigenvalue weighted by molar-refractivity contribution is 4.91. The van der Waals surface area contributed by atoms with Crippen molar-refractivity contribution >= 4 is 0 Å². The molecule has 0 saturated heterocycles. The van der Waals surface area contributed by atoms with Gasteiger partial charge >= 0.3 is 6.18 Å². The van der Waals surface area contributed by atoms with Crippen molar-refractivity contribution in [3.05, 3.63) is 5.92 Å². The molecule has 0 aromatic carbocycles. The van der Waals surface area contributed by atoms with Crippen molar-refractivity contribution < 1.29 is 13.2 Å². The SMILES string of the molecule is CCCC[C](C)C(F)(F)F. The molecule has 0 fully saturated rings. The van der Waals surface area contributed by atoms with Gasteiger partial charge in [-0.3, -0.25) is 0 Å². The first-order valence-corrected chi connectivity index (χ1v) is 3.38. The Morgan fingerprint density at radius 3 is 2.10 bits per heavy atom. The fraction of sp³-hybridized carbons (Fsp3) is 0.857. The summed E-state index contributed by atoms with van der Waals surface area (Å²) >= 11 is 0. The van der Waals surface area contributed by atoms with Crippen LogP contribution in [0, 0.1) is 5.92 Å². The molecule has 0 saturated carbocycles. The van der Waals surface area contributed by atoms with Gasteiger partial charge in [-0.1, -0.05) is 26.7 Å². The van der Waals surface area contributed by atoms with Crippen molar-refractivity contribution in [2.45, 2.75) is 39.3 Å².